The molecule has 34 heavy (non-hydrogen) atoms. The molecular formula is C24H19F2NO5S2. The number of carbonyl (C=O) groups is 1. The summed E-state index contributed by atoms with van der Waals surface area (Å²) in [6.45, 7) is 0. The molecule has 1 N–H and O–H groups in total. The van der Waals surface area contributed by atoms with E-state index in [1.807, 2.05) is 0 Å². The van der Waals surface area contributed by atoms with Crippen LogP contribution in [-0.4, -0.2) is 28.5 Å². The van der Waals surface area contributed by atoms with Gasteiger partial charge in [0.1, 0.15) is 23.1 Å². The Hall–Kier alpha value is -3.37. The van der Waals surface area contributed by atoms with Crippen LogP contribution in [0.15, 0.2) is 69.3 Å². The second-order valence-electron chi connectivity index (χ2n) is 7.29. The topological polar surface area (TPSA) is 81.7 Å². The summed E-state index contributed by atoms with van der Waals surface area (Å²) in [7, 11) is -0.934. The molecule has 0 saturated heterocycles. The molecule has 1 heterocycles. The highest BCUT2D eigenvalue weighted by atomic mass is 32.2. The SMILES string of the molecule is COc1cccc(OC)c1CS(=O)(=O)c1ccc2c(c1)NC(=O)/C(=C/c1ccc(F)cc1F)S2. The average molecular weight is 504 g/mol. The number of benzene rings is 3. The molecule has 10 heteroatoms. The summed E-state index contributed by atoms with van der Waals surface area (Å²) in [6, 6.07) is 12.5. The molecule has 0 bridgehead atoms. The van der Waals surface area contributed by atoms with Gasteiger partial charge in [-0.3, -0.25) is 4.79 Å². The molecule has 0 radical (unpaired) electrons. The van der Waals surface area contributed by atoms with Crippen molar-refractivity contribution in [2.75, 3.05) is 19.5 Å². The molecule has 4 rings (SSSR count). The quantitative estimate of drug-likeness (QED) is 0.475. The lowest BCUT2D eigenvalue weighted by molar-refractivity contribution is -0.112. The van der Waals surface area contributed by atoms with Crippen molar-refractivity contribution in [3.05, 3.63) is 82.3 Å². The van der Waals surface area contributed by atoms with Gasteiger partial charge in [0.15, 0.2) is 9.84 Å². The van der Waals surface area contributed by atoms with Gasteiger partial charge in [0.25, 0.3) is 5.91 Å². The molecule has 0 fully saturated rings. The summed E-state index contributed by atoms with van der Waals surface area (Å²) in [5.74, 6) is -1.64. The lowest BCUT2D eigenvalue weighted by Gasteiger charge is -2.20. The van der Waals surface area contributed by atoms with E-state index in [0.717, 1.165) is 23.9 Å². The van der Waals surface area contributed by atoms with E-state index < -0.39 is 27.4 Å². The fraction of sp³-hybridized carbons (Fsp3) is 0.125. The summed E-state index contributed by atoms with van der Waals surface area (Å²) >= 11 is 1.06. The molecule has 3 aromatic carbocycles. The van der Waals surface area contributed by atoms with Crippen molar-refractivity contribution in [1.82, 2.24) is 0 Å². The fourth-order valence-electron chi connectivity index (χ4n) is 3.44. The van der Waals surface area contributed by atoms with Gasteiger partial charge in [0, 0.05) is 16.5 Å². The van der Waals surface area contributed by atoms with E-state index in [1.54, 1.807) is 24.3 Å². The highest BCUT2D eigenvalue weighted by Gasteiger charge is 2.26. The minimum absolute atomic E-state index is 0.0112. The first-order valence-electron chi connectivity index (χ1n) is 9.94. The molecule has 0 saturated carbocycles. The molecule has 6 nitrogen and oxygen atoms in total. The van der Waals surface area contributed by atoms with Crippen LogP contribution in [0.4, 0.5) is 14.5 Å². The standard InChI is InChI=1S/C24H19F2NO5S2/c1-31-20-4-3-5-21(32-2)17(20)13-34(29,30)16-8-9-22-19(12-16)27-24(28)23(33-22)10-14-6-7-15(25)11-18(14)26/h3-12H,13H2,1-2H3,(H,27,28)/b23-10-. The van der Waals surface area contributed by atoms with E-state index in [4.69, 9.17) is 9.47 Å². The van der Waals surface area contributed by atoms with Gasteiger partial charge in [-0.15, -0.1) is 0 Å². The fourth-order valence-corrected chi connectivity index (χ4v) is 5.76. The zero-order valence-corrected chi connectivity index (χ0v) is 19.7. The number of methoxy groups -OCH3 is 2. The van der Waals surface area contributed by atoms with Crippen LogP contribution >= 0.6 is 11.8 Å². The first-order chi connectivity index (χ1) is 16.2. The number of amides is 1. The number of ether oxygens (including phenoxy) is 2. The van der Waals surface area contributed by atoms with Crippen molar-refractivity contribution in [2.24, 2.45) is 0 Å². The van der Waals surface area contributed by atoms with Crippen LogP contribution in [0.3, 0.4) is 0 Å². The van der Waals surface area contributed by atoms with Gasteiger partial charge in [-0.1, -0.05) is 17.8 Å². The van der Waals surface area contributed by atoms with E-state index >= 15 is 0 Å². The minimum atomic E-state index is -3.82. The molecule has 1 aliphatic heterocycles. The smallest absolute Gasteiger partial charge is 0.262 e. The molecular weight excluding hydrogens is 484 g/mol. The van der Waals surface area contributed by atoms with Gasteiger partial charge < -0.3 is 14.8 Å². The van der Waals surface area contributed by atoms with E-state index in [0.29, 0.717) is 27.6 Å². The first-order valence-corrected chi connectivity index (χ1v) is 12.4. The van der Waals surface area contributed by atoms with Gasteiger partial charge in [0.2, 0.25) is 0 Å². The van der Waals surface area contributed by atoms with Gasteiger partial charge >= 0.3 is 0 Å². The van der Waals surface area contributed by atoms with E-state index in [2.05, 4.69) is 5.32 Å². The molecule has 0 spiro atoms. The van der Waals surface area contributed by atoms with Crippen LogP contribution in [0.1, 0.15) is 11.1 Å². The molecule has 0 aliphatic carbocycles. The van der Waals surface area contributed by atoms with Crippen LogP contribution in [0.5, 0.6) is 11.5 Å². The Kier molecular flexibility index (Phi) is 6.63. The largest absolute Gasteiger partial charge is 0.496 e. The van der Waals surface area contributed by atoms with Crippen LogP contribution in [0.25, 0.3) is 6.08 Å². The molecule has 0 atom stereocenters. The first kappa shape index (κ1) is 23.8. The van der Waals surface area contributed by atoms with Crippen LogP contribution in [0, 0.1) is 11.6 Å². The molecule has 1 amide bonds. The number of thioether (sulfide) groups is 1. The van der Waals surface area contributed by atoms with Gasteiger partial charge in [-0.2, -0.15) is 0 Å². The second-order valence-corrected chi connectivity index (χ2v) is 10.4. The second kappa shape index (κ2) is 9.47. The lowest BCUT2D eigenvalue weighted by Crippen LogP contribution is -2.18. The highest BCUT2D eigenvalue weighted by Crippen LogP contribution is 2.41. The summed E-state index contributed by atoms with van der Waals surface area (Å²) in [4.78, 5) is 13.4. The van der Waals surface area contributed by atoms with E-state index in [1.165, 1.54) is 38.5 Å². The third-order valence-electron chi connectivity index (χ3n) is 5.12. The number of hydrogen-bond acceptors (Lipinski definition) is 6. The van der Waals surface area contributed by atoms with E-state index in [9.17, 15) is 22.0 Å². The summed E-state index contributed by atoms with van der Waals surface area (Å²) in [6.07, 6.45) is 1.32. The average Bonchev–Trinajstić information content (AvgIpc) is 2.80. The van der Waals surface area contributed by atoms with Crippen LogP contribution in [0.2, 0.25) is 0 Å². The maximum absolute atomic E-state index is 14.0. The Morgan fingerprint density at radius 3 is 2.35 bits per heavy atom. The molecule has 176 valence electrons. The van der Waals surface area contributed by atoms with Gasteiger partial charge in [-0.25, -0.2) is 17.2 Å². The molecule has 0 unspecified atom stereocenters. The maximum atomic E-state index is 14.0. The predicted molar refractivity (Wildman–Crippen MR) is 126 cm³/mol. The zero-order chi connectivity index (χ0) is 24.5. The third-order valence-corrected chi connectivity index (χ3v) is 7.86. The molecule has 1 aliphatic rings. The number of sulfone groups is 1. The lowest BCUT2D eigenvalue weighted by atomic mass is 10.2. The Bertz CT molecular complexity index is 1400. The van der Waals surface area contributed by atoms with Crippen molar-refractivity contribution in [1.29, 1.82) is 0 Å². The third kappa shape index (κ3) is 4.78. The summed E-state index contributed by atoms with van der Waals surface area (Å²) in [5, 5.41) is 2.64. The van der Waals surface area contributed by atoms with Crippen molar-refractivity contribution in [2.45, 2.75) is 15.5 Å². The number of hydrogen-bond donors (Lipinski definition) is 1. The van der Waals surface area contributed by atoms with Crippen molar-refractivity contribution in [3.8, 4) is 11.5 Å². The monoisotopic (exact) mass is 503 g/mol. The Morgan fingerprint density at radius 1 is 1.00 bits per heavy atom. The predicted octanol–water partition coefficient (Wildman–Crippen LogP) is 5.04. The highest BCUT2D eigenvalue weighted by molar-refractivity contribution is 8.04. The normalized spacial score (nSPS) is 14.5. The summed E-state index contributed by atoms with van der Waals surface area (Å²) in [5.41, 5.74) is 0.766. The Morgan fingerprint density at radius 2 is 1.71 bits per heavy atom. The Labute approximate surface area is 199 Å². The van der Waals surface area contributed by atoms with Gasteiger partial charge in [-0.05, 0) is 48.5 Å². The maximum Gasteiger partial charge on any atom is 0.262 e. The summed E-state index contributed by atoms with van der Waals surface area (Å²) < 4.78 is 64.0. The number of fused-ring (bicyclic) bond motifs is 1. The number of carbonyl (C=O) groups excluding carboxylic acids is 1. The molecule has 0 aromatic heterocycles. The number of anilines is 1. The van der Waals surface area contributed by atoms with Crippen molar-refractivity contribution < 1.29 is 31.5 Å². The van der Waals surface area contributed by atoms with Crippen molar-refractivity contribution in [3.63, 3.8) is 0 Å². The van der Waals surface area contributed by atoms with Gasteiger partial charge in [0.05, 0.1) is 41.0 Å². The number of rotatable bonds is 6. The minimum Gasteiger partial charge on any atom is -0.496 e. The van der Waals surface area contributed by atoms with Crippen LogP contribution in [-0.2, 0) is 20.4 Å². The number of halogens is 2. The van der Waals surface area contributed by atoms with E-state index in [-0.39, 0.29) is 21.1 Å². The van der Waals surface area contributed by atoms with Crippen molar-refractivity contribution >= 4 is 39.3 Å². The zero-order valence-electron chi connectivity index (χ0n) is 18.1. The molecule has 3 aromatic rings. The Balaban J connectivity index is 1.64. The van der Waals surface area contributed by atoms with Crippen LogP contribution < -0.4 is 14.8 Å². The number of nitrogens with one attached hydrogen (secondary N) is 1.